The zero-order valence-corrected chi connectivity index (χ0v) is 31.7. The number of aromatic carboxylic acids is 1. The minimum atomic E-state index is -0.848. The summed E-state index contributed by atoms with van der Waals surface area (Å²) < 4.78 is 2.26. The Kier molecular flexibility index (Phi) is 11.2. The molecule has 0 spiro atoms. The topological polar surface area (TPSA) is 86.9 Å². The van der Waals surface area contributed by atoms with Crippen molar-refractivity contribution in [3.8, 4) is 0 Å². The summed E-state index contributed by atoms with van der Waals surface area (Å²) in [4.78, 5) is 30.1. The van der Waals surface area contributed by atoms with Gasteiger partial charge in [-0.25, -0.2) is 4.79 Å². The number of aryl methyl sites for hydroxylation is 2. The van der Waals surface area contributed by atoms with E-state index in [0.29, 0.717) is 29.0 Å². The number of ketones is 1. The first-order valence-electron chi connectivity index (χ1n) is 17.3. The molecule has 6 aliphatic rings. The van der Waals surface area contributed by atoms with Crippen LogP contribution in [0.3, 0.4) is 0 Å². The van der Waals surface area contributed by atoms with E-state index in [4.69, 9.17) is 10.8 Å². The van der Waals surface area contributed by atoms with E-state index in [-0.39, 0.29) is 23.5 Å². The number of thiophene rings is 2. The molecule has 8 heterocycles. The van der Waals surface area contributed by atoms with Crippen molar-refractivity contribution in [2.24, 2.45) is 23.5 Å². The standard InChI is InChI=1S/C20H25NOS.C10H8O2S.C9H18N2.ClH/c1-13-4-5-18-15(10-13)11-19(23-18)17(22)12-16-14-6-8-21(9-7-14)20(16,2)3;1-6-2-3-8-7(4-6)5-9(13-8)10(11)12;1-9(2)8(10)7-3-5-11(9)6-4-7;/h4-5,10-11,14,16H,6-9,12H2,1-3H3;2-5H,1H3,(H,11,12);7-8H,3-6,10H2,1-2H3;1H/t16-;;8-;/m1.1./s1. The van der Waals surface area contributed by atoms with Crippen LogP contribution in [0.5, 0.6) is 0 Å². The van der Waals surface area contributed by atoms with Gasteiger partial charge in [-0.05, 0) is 146 Å². The van der Waals surface area contributed by atoms with E-state index < -0.39 is 5.97 Å². The van der Waals surface area contributed by atoms with E-state index in [1.165, 1.54) is 78.8 Å². The van der Waals surface area contributed by atoms with Gasteiger partial charge < -0.3 is 10.8 Å². The average Bonchev–Trinajstić information content (AvgIpc) is 3.67. The molecular formula is C39H52ClN3O3S2. The van der Waals surface area contributed by atoms with E-state index in [0.717, 1.165) is 32.4 Å². The van der Waals surface area contributed by atoms with Crippen molar-refractivity contribution in [3.05, 3.63) is 69.4 Å². The summed E-state index contributed by atoms with van der Waals surface area (Å²) in [7, 11) is 0. The molecule has 0 aliphatic carbocycles. The van der Waals surface area contributed by atoms with Gasteiger partial charge in [-0.3, -0.25) is 14.6 Å². The third-order valence-corrected chi connectivity index (χ3v) is 14.0. The second kappa shape index (κ2) is 14.5. The number of carbonyl (C=O) groups is 2. The molecule has 48 heavy (non-hydrogen) atoms. The Bertz CT molecular complexity index is 1760. The number of carboxylic acid groups (broad SMARTS) is 1. The van der Waals surface area contributed by atoms with Crippen LogP contribution in [0.4, 0.5) is 0 Å². The van der Waals surface area contributed by atoms with Crippen molar-refractivity contribution in [2.45, 2.75) is 90.8 Å². The molecule has 4 bridgehead atoms. The molecule has 0 amide bonds. The van der Waals surface area contributed by atoms with Crippen LogP contribution in [0.15, 0.2) is 48.5 Å². The van der Waals surface area contributed by atoms with Crippen LogP contribution >= 0.6 is 35.1 Å². The molecule has 10 rings (SSSR count). The number of fused-ring (bicyclic) bond motifs is 8. The maximum atomic E-state index is 12.9. The molecule has 6 aliphatic heterocycles. The van der Waals surface area contributed by atoms with Gasteiger partial charge in [0.25, 0.3) is 0 Å². The lowest BCUT2D eigenvalue weighted by molar-refractivity contribution is -0.0643. The van der Waals surface area contributed by atoms with Gasteiger partial charge in [0.15, 0.2) is 5.78 Å². The number of hydrogen-bond donors (Lipinski definition) is 2. The number of hydrogen-bond acceptors (Lipinski definition) is 7. The van der Waals surface area contributed by atoms with Crippen molar-refractivity contribution in [1.29, 1.82) is 0 Å². The number of piperidine rings is 6. The Morgan fingerprint density at radius 2 is 1.21 bits per heavy atom. The van der Waals surface area contributed by atoms with Crippen LogP contribution in [-0.2, 0) is 0 Å². The molecule has 4 aromatic rings. The van der Waals surface area contributed by atoms with Gasteiger partial charge in [-0.1, -0.05) is 35.4 Å². The fraction of sp³-hybridized carbons (Fsp3) is 0.538. The van der Waals surface area contributed by atoms with Crippen molar-refractivity contribution in [3.63, 3.8) is 0 Å². The van der Waals surface area contributed by atoms with E-state index in [2.05, 4.69) is 68.7 Å². The van der Waals surface area contributed by atoms with Gasteiger partial charge in [-0.2, -0.15) is 0 Å². The Morgan fingerprint density at radius 1 is 0.750 bits per heavy atom. The van der Waals surface area contributed by atoms with Gasteiger partial charge >= 0.3 is 5.97 Å². The van der Waals surface area contributed by atoms with E-state index in [1.54, 1.807) is 17.4 Å². The Hall–Kier alpha value is -2.33. The molecule has 6 nitrogen and oxygen atoms in total. The summed E-state index contributed by atoms with van der Waals surface area (Å²) in [5, 5.41) is 11.0. The lowest BCUT2D eigenvalue weighted by Gasteiger charge is -2.56. The molecule has 9 heteroatoms. The number of nitrogens with two attached hydrogens (primary N) is 1. The van der Waals surface area contributed by atoms with Crippen molar-refractivity contribution in [2.75, 3.05) is 26.2 Å². The van der Waals surface area contributed by atoms with Gasteiger partial charge in [0, 0.05) is 32.9 Å². The van der Waals surface area contributed by atoms with Crippen LogP contribution in [0, 0.1) is 31.6 Å². The largest absolute Gasteiger partial charge is 0.477 e. The normalized spacial score (nSPS) is 27.7. The molecule has 6 saturated heterocycles. The Morgan fingerprint density at radius 3 is 1.65 bits per heavy atom. The van der Waals surface area contributed by atoms with Crippen LogP contribution in [0.2, 0.25) is 0 Å². The Labute approximate surface area is 300 Å². The highest BCUT2D eigenvalue weighted by Gasteiger charge is 2.48. The second-order valence-corrected chi connectivity index (χ2v) is 17.5. The van der Waals surface area contributed by atoms with Crippen molar-refractivity contribution >= 4 is 67.0 Å². The smallest absolute Gasteiger partial charge is 0.345 e. The summed E-state index contributed by atoms with van der Waals surface area (Å²) in [6.45, 7) is 18.3. The predicted octanol–water partition coefficient (Wildman–Crippen LogP) is 9.05. The highest BCUT2D eigenvalue weighted by atomic mass is 35.5. The molecule has 260 valence electrons. The van der Waals surface area contributed by atoms with E-state index >= 15 is 0 Å². The zero-order valence-electron chi connectivity index (χ0n) is 29.3. The summed E-state index contributed by atoms with van der Waals surface area (Å²) in [6, 6.07) is 16.6. The summed E-state index contributed by atoms with van der Waals surface area (Å²) in [6.07, 6.45) is 5.90. The first-order valence-corrected chi connectivity index (χ1v) is 18.9. The van der Waals surface area contributed by atoms with Crippen LogP contribution < -0.4 is 5.73 Å². The van der Waals surface area contributed by atoms with Gasteiger partial charge in [0.2, 0.25) is 0 Å². The van der Waals surface area contributed by atoms with Gasteiger partial charge in [0.1, 0.15) is 4.88 Å². The average molecular weight is 710 g/mol. The molecule has 0 radical (unpaired) electrons. The van der Waals surface area contributed by atoms with Crippen LogP contribution in [-0.4, -0.2) is 70.0 Å². The highest BCUT2D eigenvalue weighted by molar-refractivity contribution is 7.21. The number of carbonyl (C=O) groups excluding carboxylic acids is 1. The van der Waals surface area contributed by atoms with E-state index in [9.17, 15) is 9.59 Å². The van der Waals surface area contributed by atoms with Gasteiger partial charge in [-0.15, -0.1) is 35.1 Å². The minimum absolute atomic E-state index is 0. The lowest BCUT2D eigenvalue weighted by atomic mass is 9.65. The summed E-state index contributed by atoms with van der Waals surface area (Å²) >= 11 is 2.97. The second-order valence-electron chi connectivity index (χ2n) is 15.3. The first kappa shape index (κ1) is 36.9. The maximum Gasteiger partial charge on any atom is 0.345 e. The molecule has 2 aromatic heterocycles. The molecule has 2 atom stereocenters. The SMILES string of the molecule is CC1(C)[C@H](N)C2CCN1CC2.Cc1ccc2sc(C(=O)C[C@@H]3C4CCN(CC4)C3(C)C)cc2c1.Cc1ccc2sc(C(=O)O)cc2c1.Cl. The molecular weight excluding hydrogens is 658 g/mol. The van der Waals surface area contributed by atoms with E-state index in [1.807, 2.05) is 25.1 Å². The number of benzene rings is 2. The maximum absolute atomic E-state index is 12.9. The summed E-state index contributed by atoms with van der Waals surface area (Å²) in [5.41, 5.74) is 9.00. The van der Waals surface area contributed by atoms with Crippen molar-refractivity contribution < 1.29 is 14.7 Å². The molecule has 3 N–H and O–H groups in total. The number of nitrogens with zero attached hydrogens (tertiary/aromatic N) is 2. The van der Waals surface area contributed by atoms with Crippen LogP contribution in [0.1, 0.15) is 90.3 Å². The molecule has 0 unspecified atom stereocenters. The quantitative estimate of drug-likeness (QED) is 0.206. The number of halogens is 1. The number of rotatable bonds is 4. The van der Waals surface area contributed by atoms with Crippen LogP contribution in [0.25, 0.3) is 20.2 Å². The summed E-state index contributed by atoms with van der Waals surface area (Å²) in [5.74, 6) is 1.53. The third-order valence-electron chi connectivity index (χ3n) is 11.7. The zero-order chi connectivity index (χ0) is 33.7. The Balaban J connectivity index is 0.000000153. The van der Waals surface area contributed by atoms with Gasteiger partial charge in [0.05, 0.1) is 4.88 Å². The molecule has 0 saturated carbocycles. The molecule has 6 fully saturated rings. The lowest BCUT2D eigenvalue weighted by Crippen LogP contribution is -2.67. The third kappa shape index (κ3) is 7.40. The number of carboxylic acids is 1. The fourth-order valence-corrected chi connectivity index (χ4v) is 10.5. The minimum Gasteiger partial charge on any atom is -0.477 e. The fourth-order valence-electron chi connectivity index (χ4n) is 8.60. The predicted molar refractivity (Wildman–Crippen MR) is 204 cm³/mol. The molecule has 2 aromatic carbocycles. The monoisotopic (exact) mass is 709 g/mol. The first-order chi connectivity index (χ1) is 22.2. The van der Waals surface area contributed by atoms with Crippen molar-refractivity contribution in [1.82, 2.24) is 9.80 Å². The highest BCUT2D eigenvalue weighted by Crippen LogP contribution is 2.46. The number of Topliss-reactive ketones (excluding diaryl/α,β-unsaturated/α-hetero) is 1.